The van der Waals surface area contributed by atoms with Gasteiger partial charge in [-0.15, -0.1) is 0 Å². The smallest absolute Gasteiger partial charge is 0.326 e. The van der Waals surface area contributed by atoms with Crippen LogP contribution in [0.3, 0.4) is 0 Å². The van der Waals surface area contributed by atoms with Crippen molar-refractivity contribution in [3.63, 3.8) is 0 Å². The summed E-state index contributed by atoms with van der Waals surface area (Å²) in [5, 5.41) is 20.9. The molecule has 0 aromatic rings. The Kier molecular flexibility index (Phi) is 15.0. The Hall–Kier alpha value is -0.950. The number of alkyl halides is 1. The number of hydrogen-bond donors (Lipinski definition) is 3. The minimum absolute atomic E-state index is 0.0646. The maximum Gasteiger partial charge on any atom is 0.326 e. The van der Waals surface area contributed by atoms with Crippen molar-refractivity contribution in [2.75, 3.05) is 11.9 Å². The molecule has 7 heteroatoms. The first-order chi connectivity index (χ1) is 11.5. The zero-order chi connectivity index (χ0) is 18.2. The zero-order valence-corrected chi connectivity index (χ0v) is 15.9. The molecule has 1 amide bonds. The Labute approximate surface area is 152 Å². The Bertz CT molecular complexity index is 376. The van der Waals surface area contributed by atoms with Gasteiger partial charge in [0.15, 0.2) is 0 Å². The van der Waals surface area contributed by atoms with Gasteiger partial charge >= 0.3 is 5.97 Å². The third-order valence-corrected chi connectivity index (χ3v) is 4.31. The number of rotatable bonds is 16. The van der Waals surface area contributed by atoms with Gasteiger partial charge in [-0.25, -0.2) is 4.79 Å². The molecule has 0 aliphatic heterocycles. The molecule has 0 aromatic heterocycles. The molecular formula is C17H30BrNO5. The molecule has 6 nitrogen and oxygen atoms in total. The third kappa shape index (κ3) is 13.5. The molecule has 3 N–H and O–H groups in total. The van der Waals surface area contributed by atoms with Crippen LogP contribution in [0.4, 0.5) is 0 Å². The Balaban J connectivity index is 3.67. The van der Waals surface area contributed by atoms with Crippen molar-refractivity contribution in [3.05, 3.63) is 0 Å². The minimum Gasteiger partial charge on any atom is -0.480 e. The van der Waals surface area contributed by atoms with Gasteiger partial charge in [-0.05, 0) is 12.8 Å². The highest BCUT2D eigenvalue weighted by molar-refractivity contribution is 9.09. The van der Waals surface area contributed by atoms with Gasteiger partial charge in [-0.1, -0.05) is 54.5 Å². The monoisotopic (exact) mass is 407 g/mol. The molecule has 0 saturated carbocycles. The summed E-state index contributed by atoms with van der Waals surface area (Å²) in [7, 11) is 0. The Morgan fingerprint density at radius 3 is 1.96 bits per heavy atom. The van der Waals surface area contributed by atoms with E-state index in [1.165, 1.54) is 32.1 Å². The van der Waals surface area contributed by atoms with Gasteiger partial charge in [-0.2, -0.15) is 0 Å². The number of aliphatic carboxylic acids is 1. The topological polar surface area (TPSA) is 104 Å². The molecule has 0 aromatic carbocycles. The number of halogens is 1. The van der Waals surface area contributed by atoms with E-state index in [4.69, 9.17) is 10.2 Å². The highest BCUT2D eigenvalue weighted by atomic mass is 79.9. The van der Waals surface area contributed by atoms with E-state index in [1.807, 2.05) is 0 Å². The average Bonchev–Trinajstić information content (AvgIpc) is 2.52. The van der Waals surface area contributed by atoms with Crippen molar-refractivity contribution in [1.82, 2.24) is 5.32 Å². The van der Waals surface area contributed by atoms with Crippen LogP contribution in [0.2, 0.25) is 0 Å². The van der Waals surface area contributed by atoms with E-state index in [2.05, 4.69) is 21.2 Å². The number of hydrogen-bond acceptors (Lipinski definition) is 4. The number of carboxylic acids is 1. The second-order valence-electron chi connectivity index (χ2n) is 5.95. The molecule has 0 spiro atoms. The number of aliphatic hydroxyl groups excluding tert-OH is 1. The van der Waals surface area contributed by atoms with Gasteiger partial charge < -0.3 is 15.5 Å². The summed E-state index contributed by atoms with van der Waals surface area (Å²) in [4.78, 5) is 34.2. The molecule has 0 unspecified atom stereocenters. The van der Waals surface area contributed by atoms with Crippen molar-refractivity contribution < 1.29 is 24.6 Å². The van der Waals surface area contributed by atoms with E-state index in [0.29, 0.717) is 6.42 Å². The lowest BCUT2D eigenvalue weighted by Gasteiger charge is -2.12. The van der Waals surface area contributed by atoms with Crippen molar-refractivity contribution in [1.29, 1.82) is 0 Å². The Morgan fingerprint density at radius 2 is 1.46 bits per heavy atom. The first kappa shape index (κ1) is 23.1. The van der Waals surface area contributed by atoms with E-state index < -0.39 is 17.9 Å². The number of carboxylic acid groups (broad SMARTS) is 1. The molecule has 140 valence electrons. The number of ketones is 1. The average molecular weight is 408 g/mol. The highest BCUT2D eigenvalue weighted by Gasteiger charge is 2.20. The van der Waals surface area contributed by atoms with Crippen LogP contribution in [-0.4, -0.2) is 45.9 Å². The summed E-state index contributed by atoms with van der Waals surface area (Å²) in [6.07, 6.45) is 8.99. The molecular weight excluding hydrogens is 378 g/mol. The summed E-state index contributed by atoms with van der Waals surface area (Å²) in [6.45, 7) is -0.332. The number of amides is 1. The first-order valence-corrected chi connectivity index (χ1v) is 9.84. The predicted molar refractivity (Wildman–Crippen MR) is 96.2 cm³/mol. The Morgan fingerprint density at radius 1 is 0.917 bits per heavy atom. The van der Waals surface area contributed by atoms with Gasteiger partial charge in [0.25, 0.3) is 0 Å². The second-order valence-corrected chi connectivity index (χ2v) is 6.75. The van der Waals surface area contributed by atoms with Crippen LogP contribution in [0.1, 0.15) is 70.6 Å². The molecule has 0 fully saturated rings. The summed E-state index contributed by atoms with van der Waals surface area (Å²) in [6, 6.07) is -1.14. The minimum atomic E-state index is -1.21. The first-order valence-electron chi connectivity index (χ1n) is 8.72. The van der Waals surface area contributed by atoms with Gasteiger partial charge in [0.2, 0.25) is 5.91 Å². The summed E-state index contributed by atoms with van der Waals surface area (Å²) >= 11 is 3.41. The molecule has 0 aliphatic rings. The maximum absolute atomic E-state index is 11.7. The molecule has 0 saturated heterocycles. The fourth-order valence-electron chi connectivity index (χ4n) is 2.38. The van der Waals surface area contributed by atoms with Crippen LogP contribution in [0.25, 0.3) is 0 Å². The summed E-state index contributed by atoms with van der Waals surface area (Å²) in [5.41, 5.74) is 0. The second kappa shape index (κ2) is 15.6. The van der Waals surface area contributed by atoms with E-state index in [9.17, 15) is 14.4 Å². The van der Waals surface area contributed by atoms with Crippen LogP contribution < -0.4 is 5.32 Å². The van der Waals surface area contributed by atoms with Crippen molar-refractivity contribution in [2.45, 2.75) is 76.7 Å². The fraction of sp³-hybridized carbons (Fsp3) is 0.824. The largest absolute Gasteiger partial charge is 0.480 e. The van der Waals surface area contributed by atoms with E-state index >= 15 is 0 Å². The highest BCUT2D eigenvalue weighted by Crippen LogP contribution is 2.11. The predicted octanol–water partition coefficient (Wildman–Crippen LogP) is 2.80. The number of unbranched alkanes of at least 4 members (excludes halogenated alkanes) is 7. The number of aliphatic hydroxyl groups is 1. The van der Waals surface area contributed by atoms with Crippen molar-refractivity contribution in [3.8, 4) is 0 Å². The van der Waals surface area contributed by atoms with Crippen molar-refractivity contribution >= 4 is 33.6 Å². The molecule has 24 heavy (non-hydrogen) atoms. The van der Waals surface area contributed by atoms with Crippen LogP contribution in [0.15, 0.2) is 0 Å². The van der Waals surface area contributed by atoms with E-state index in [-0.39, 0.29) is 25.2 Å². The normalized spacial score (nSPS) is 11.9. The standard InChI is InChI=1S/C17H30BrNO5/c18-11-8-6-4-2-1-3-5-7-9-14(21)13-16(22)19-15(10-12-20)17(23)24/h15,20H,1-13H2,(H,19,22)(H,23,24)/t15-/m0/s1. The fourth-order valence-corrected chi connectivity index (χ4v) is 2.77. The van der Waals surface area contributed by atoms with Crippen LogP contribution >= 0.6 is 15.9 Å². The lowest BCUT2D eigenvalue weighted by Crippen LogP contribution is -2.42. The molecule has 0 radical (unpaired) electrons. The summed E-state index contributed by atoms with van der Waals surface area (Å²) in [5.74, 6) is -1.97. The van der Waals surface area contributed by atoms with Crippen molar-refractivity contribution in [2.24, 2.45) is 0 Å². The molecule has 0 heterocycles. The van der Waals surface area contributed by atoms with Gasteiger partial charge in [0.05, 0.1) is 6.42 Å². The molecule has 0 bridgehead atoms. The lowest BCUT2D eigenvalue weighted by molar-refractivity contribution is -0.143. The van der Waals surface area contributed by atoms with E-state index in [1.54, 1.807) is 0 Å². The zero-order valence-electron chi connectivity index (χ0n) is 14.3. The quantitative estimate of drug-likeness (QED) is 0.207. The van der Waals surface area contributed by atoms with Gasteiger partial charge in [0, 0.05) is 24.8 Å². The van der Waals surface area contributed by atoms with Crippen LogP contribution in [-0.2, 0) is 14.4 Å². The van der Waals surface area contributed by atoms with Gasteiger partial charge in [0.1, 0.15) is 11.8 Å². The number of carbonyl (C=O) groups excluding carboxylic acids is 2. The van der Waals surface area contributed by atoms with Crippen LogP contribution in [0, 0.1) is 0 Å². The molecule has 1 atom stereocenters. The molecule has 0 rings (SSSR count). The van der Waals surface area contributed by atoms with E-state index in [0.717, 1.165) is 24.6 Å². The van der Waals surface area contributed by atoms with Crippen LogP contribution in [0.5, 0.6) is 0 Å². The number of carbonyl (C=O) groups is 3. The number of nitrogens with one attached hydrogen (secondary N) is 1. The van der Waals surface area contributed by atoms with Gasteiger partial charge in [-0.3, -0.25) is 9.59 Å². The molecule has 0 aliphatic carbocycles. The summed E-state index contributed by atoms with van der Waals surface area (Å²) < 4.78 is 0. The lowest BCUT2D eigenvalue weighted by atomic mass is 10.0. The third-order valence-electron chi connectivity index (χ3n) is 3.75. The number of Topliss-reactive ketones (excluding diaryl/α,β-unsaturated/α-hetero) is 1. The maximum atomic E-state index is 11.7. The SMILES string of the molecule is O=C(CCCCCCCCCCBr)CC(=O)N[C@@H](CCO)C(=O)O.